The molecule has 0 aliphatic carbocycles. The second-order valence-corrected chi connectivity index (χ2v) is 7.70. The van der Waals surface area contributed by atoms with Gasteiger partial charge in [0.05, 0.1) is 10.5 Å². The van der Waals surface area contributed by atoms with E-state index in [1.807, 2.05) is 6.26 Å². The lowest BCUT2D eigenvalue weighted by Gasteiger charge is -2.22. The summed E-state index contributed by atoms with van der Waals surface area (Å²) in [6.07, 6.45) is 1.85. The number of hydrogen-bond acceptors (Lipinski definition) is 4. The molecule has 1 atom stereocenters. The molecule has 0 aliphatic heterocycles. The number of aryl methyl sites for hydroxylation is 1. The zero-order chi connectivity index (χ0) is 14.7. The van der Waals surface area contributed by atoms with E-state index >= 15 is 0 Å². The first-order valence-corrected chi connectivity index (χ1v) is 8.90. The average Bonchev–Trinajstić information content (AvgIpc) is 2.30. The summed E-state index contributed by atoms with van der Waals surface area (Å²) in [5, 5.41) is 10.3. The smallest absolute Gasteiger partial charge is 0.240 e. The molecular weight excluding hydrogens is 306 g/mol. The van der Waals surface area contributed by atoms with E-state index in [4.69, 9.17) is 11.6 Å². The quantitative estimate of drug-likeness (QED) is 0.840. The van der Waals surface area contributed by atoms with Crippen LogP contribution in [0.1, 0.15) is 12.5 Å². The molecule has 108 valence electrons. The van der Waals surface area contributed by atoms with Crippen molar-refractivity contribution < 1.29 is 13.5 Å². The molecule has 4 nitrogen and oxygen atoms in total. The molecule has 1 rings (SSSR count). The Labute approximate surface area is 123 Å². The van der Waals surface area contributed by atoms with Gasteiger partial charge >= 0.3 is 0 Å². The normalized spacial score (nSPS) is 15.2. The van der Waals surface area contributed by atoms with Gasteiger partial charge < -0.3 is 5.11 Å². The van der Waals surface area contributed by atoms with Gasteiger partial charge in [0.2, 0.25) is 10.0 Å². The second kappa shape index (κ2) is 6.45. The van der Waals surface area contributed by atoms with E-state index in [0.717, 1.165) is 0 Å². The molecule has 0 saturated heterocycles. The third kappa shape index (κ3) is 4.96. The highest BCUT2D eigenvalue weighted by molar-refractivity contribution is 7.98. The van der Waals surface area contributed by atoms with Crippen LogP contribution >= 0.6 is 23.4 Å². The van der Waals surface area contributed by atoms with Crippen LogP contribution in [0.15, 0.2) is 23.1 Å². The van der Waals surface area contributed by atoms with E-state index in [2.05, 4.69) is 4.72 Å². The fourth-order valence-electron chi connectivity index (χ4n) is 1.55. The van der Waals surface area contributed by atoms with Gasteiger partial charge in [0.25, 0.3) is 0 Å². The molecule has 0 heterocycles. The molecule has 1 unspecified atom stereocenters. The van der Waals surface area contributed by atoms with Gasteiger partial charge in [-0.1, -0.05) is 17.7 Å². The van der Waals surface area contributed by atoms with Gasteiger partial charge in [-0.3, -0.25) is 0 Å². The van der Waals surface area contributed by atoms with Gasteiger partial charge in [-0.15, -0.1) is 0 Å². The van der Waals surface area contributed by atoms with Crippen LogP contribution in [0.4, 0.5) is 0 Å². The minimum Gasteiger partial charge on any atom is -0.388 e. The number of sulfonamides is 1. The molecule has 0 bridgehead atoms. The minimum absolute atomic E-state index is 0.0396. The van der Waals surface area contributed by atoms with E-state index in [-0.39, 0.29) is 11.4 Å². The van der Waals surface area contributed by atoms with Crippen LogP contribution in [0.25, 0.3) is 0 Å². The zero-order valence-corrected chi connectivity index (χ0v) is 13.5. The molecule has 0 aliphatic rings. The number of benzene rings is 1. The lowest BCUT2D eigenvalue weighted by Crippen LogP contribution is -2.42. The lowest BCUT2D eigenvalue weighted by molar-refractivity contribution is 0.0908. The summed E-state index contributed by atoms with van der Waals surface area (Å²) in [4.78, 5) is 0.139. The van der Waals surface area contributed by atoms with Crippen molar-refractivity contribution in [2.75, 3.05) is 18.6 Å². The lowest BCUT2D eigenvalue weighted by atomic mass is 10.1. The predicted molar refractivity (Wildman–Crippen MR) is 80.4 cm³/mol. The Kier molecular flexibility index (Phi) is 5.70. The molecule has 0 radical (unpaired) electrons. The van der Waals surface area contributed by atoms with Crippen LogP contribution < -0.4 is 4.72 Å². The maximum Gasteiger partial charge on any atom is 0.240 e. The van der Waals surface area contributed by atoms with Crippen molar-refractivity contribution in [1.82, 2.24) is 4.72 Å². The fourth-order valence-corrected chi connectivity index (χ4v) is 3.94. The Morgan fingerprint density at radius 1 is 1.47 bits per heavy atom. The first kappa shape index (κ1) is 16.8. The van der Waals surface area contributed by atoms with Crippen molar-refractivity contribution in [3.8, 4) is 0 Å². The number of rotatable bonds is 6. The number of hydrogen-bond donors (Lipinski definition) is 2. The molecule has 19 heavy (non-hydrogen) atoms. The number of nitrogens with one attached hydrogen (secondary N) is 1. The highest BCUT2D eigenvalue weighted by Crippen LogP contribution is 2.20. The number of thioether (sulfide) groups is 1. The molecule has 0 spiro atoms. The summed E-state index contributed by atoms with van der Waals surface area (Å²) in [6, 6.07) is 4.69. The Balaban J connectivity index is 2.90. The van der Waals surface area contributed by atoms with Crippen molar-refractivity contribution in [2.24, 2.45) is 0 Å². The highest BCUT2D eigenvalue weighted by atomic mass is 35.5. The molecule has 7 heteroatoms. The molecule has 2 N–H and O–H groups in total. The van der Waals surface area contributed by atoms with Crippen molar-refractivity contribution in [2.45, 2.75) is 24.3 Å². The topological polar surface area (TPSA) is 66.4 Å². The summed E-state index contributed by atoms with van der Waals surface area (Å²) in [6.45, 7) is 3.25. The maximum absolute atomic E-state index is 12.2. The summed E-state index contributed by atoms with van der Waals surface area (Å²) in [5.41, 5.74) is -0.472. The Bertz CT molecular complexity index is 544. The summed E-state index contributed by atoms with van der Waals surface area (Å²) < 4.78 is 26.8. The van der Waals surface area contributed by atoms with Crippen LogP contribution in [-0.4, -0.2) is 37.7 Å². The summed E-state index contributed by atoms with van der Waals surface area (Å²) in [5.74, 6) is 0.448. The van der Waals surface area contributed by atoms with Crippen molar-refractivity contribution >= 4 is 33.4 Å². The second-order valence-electron chi connectivity index (χ2n) is 4.66. The summed E-state index contributed by atoms with van der Waals surface area (Å²) in [7, 11) is -3.67. The fraction of sp³-hybridized carbons (Fsp3) is 0.500. The Morgan fingerprint density at radius 3 is 2.68 bits per heavy atom. The number of halogens is 1. The van der Waals surface area contributed by atoms with Crippen LogP contribution in [0.5, 0.6) is 0 Å². The van der Waals surface area contributed by atoms with E-state index < -0.39 is 15.6 Å². The molecule has 1 aromatic carbocycles. The van der Waals surface area contributed by atoms with E-state index in [1.165, 1.54) is 17.8 Å². The molecule has 0 fully saturated rings. The SMILES string of the molecule is CSCC(C)(O)CNS(=O)(=O)c1cc(Cl)ccc1C. The number of aliphatic hydroxyl groups is 1. The average molecular weight is 324 g/mol. The van der Waals surface area contributed by atoms with Crippen LogP contribution in [0.3, 0.4) is 0 Å². The van der Waals surface area contributed by atoms with Gasteiger partial charge in [0.1, 0.15) is 0 Å². The maximum atomic E-state index is 12.2. The monoisotopic (exact) mass is 323 g/mol. The van der Waals surface area contributed by atoms with Crippen molar-refractivity contribution in [3.63, 3.8) is 0 Å². The highest BCUT2D eigenvalue weighted by Gasteiger charge is 2.24. The van der Waals surface area contributed by atoms with Crippen LogP contribution in [0, 0.1) is 6.92 Å². The van der Waals surface area contributed by atoms with Gasteiger partial charge in [-0.2, -0.15) is 11.8 Å². The predicted octanol–water partition coefficient (Wildman–Crippen LogP) is 2.04. The largest absolute Gasteiger partial charge is 0.388 e. The van der Waals surface area contributed by atoms with Crippen LogP contribution in [0.2, 0.25) is 5.02 Å². The van der Waals surface area contributed by atoms with E-state index in [1.54, 1.807) is 26.0 Å². The first-order chi connectivity index (χ1) is 8.68. The molecule has 0 saturated carbocycles. The first-order valence-electron chi connectivity index (χ1n) is 5.65. The van der Waals surface area contributed by atoms with Gasteiger partial charge in [-0.25, -0.2) is 13.1 Å². The standard InChI is InChI=1S/C12H18ClNO3S2/c1-9-4-5-10(13)6-11(9)19(16,17)14-7-12(2,15)8-18-3/h4-6,14-15H,7-8H2,1-3H3. The van der Waals surface area contributed by atoms with E-state index in [9.17, 15) is 13.5 Å². The third-order valence-electron chi connectivity index (χ3n) is 2.54. The van der Waals surface area contributed by atoms with Gasteiger partial charge in [0, 0.05) is 17.3 Å². The van der Waals surface area contributed by atoms with Crippen molar-refractivity contribution in [1.29, 1.82) is 0 Å². The zero-order valence-electron chi connectivity index (χ0n) is 11.1. The van der Waals surface area contributed by atoms with Crippen LogP contribution in [-0.2, 0) is 10.0 Å². The van der Waals surface area contributed by atoms with Crippen molar-refractivity contribution in [3.05, 3.63) is 28.8 Å². The Hall–Kier alpha value is -0.270. The molecule has 1 aromatic rings. The van der Waals surface area contributed by atoms with Gasteiger partial charge in [0.15, 0.2) is 0 Å². The van der Waals surface area contributed by atoms with E-state index in [0.29, 0.717) is 16.3 Å². The minimum atomic E-state index is -3.67. The Morgan fingerprint density at radius 2 is 2.11 bits per heavy atom. The third-order valence-corrected chi connectivity index (χ3v) is 5.23. The molecule has 0 aromatic heterocycles. The van der Waals surface area contributed by atoms with Gasteiger partial charge in [-0.05, 0) is 37.8 Å². The molecular formula is C12H18ClNO3S2. The molecule has 0 amide bonds. The summed E-state index contributed by atoms with van der Waals surface area (Å²) >= 11 is 7.27.